The van der Waals surface area contributed by atoms with Crippen LogP contribution in [0.25, 0.3) is 22.4 Å². The SMILES string of the molecule is COc1cc(C(N)=O)cc2nc(-c3ccc(N4[C@@H](C)CC[C@@H]4C)nc3)n(C[C@@H]3CN(C(=O)O)C[C@H](C)O3)c12. The molecular formula is C27H34N6O5. The maximum absolute atomic E-state index is 12.0. The number of morpholine rings is 1. The standard InChI is InChI=1S/C27H34N6O5/c1-15-5-6-16(2)33(15)23-8-7-18(11-29-23)26-30-21-9-19(25(28)34)10-22(37-4)24(21)32(26)14-20-13-31(27(35)36)12-17(3)38-20/h7-11,15-17,20H,5-6,12-14H2,1-4H3,(H2,28,34)(H,35,36)/t15-,16-,17-,20-/m0/s1. The molecule has 11 nitrogen and oxygen atoms in total. The number of hydrogen-bond acceptors (Lipinski definition) is 7. The van der Waals surface area contributed by atoms with Crippen LogP contribution in [-0.4, -0.2) is 81.0 Å². The molecule has 0 radical (unpaired) electrons. The number of nitrogens with two attached hydrogens (primary N) is 1. The van der Waals surface area contributed by atoms with Gasteiger partial charge >= 0.3 is 6.09 Å². The summed E-state index contributed by atoms with van der Waals surface area (Å²) in [7, 11) is 1.52. The number of amides is 2. The third kappa shape index (κ3) is 4.73. The van der Waals surface area contributed by atoms with Crippen molar-refractivity contribution in [2.75, 3.05) is 25.1 Å². The van der Waals surface area contributed by atoms with Crippen molar-refractivity contribution in [2.24, 2.45) is 5.73 Å². The van der Waals surface area contributed by atoms with Crippen LogP contribution in [0.3, 0.4) is 0 Å². The fraction of sp³-hybridized carbons (Fsp3) is 0.481. The molecule has 2 amide bonds. The van der Waals surface area contributed by atoms with Crippen molar-refractivity contribution in [3.63, 3.8) is 0 Å². The third-order valence-corrected chi connectivity index (χ3v) is 7.52. The number of benzene rings is 1. The zero-order chi connectivity index (χ0) is 27.1. The second-order valence-electron chi connectivity index (χ2n) is 10.3. The van der Waals surface area contributed by atoms with E-state index in [9.17, 15) is 14.7 Å². The van der Waals surface area contributed by atoms with Gasteiger partial charge in [-0.1, -0.05) is 0 Å². The highest BCUT2D eigenvalue weighted by Crippen LogP contribution is 2.35. The summed E-state index contributed by atoms with van der Waals surface area (Å²) in [6, 6.07) is 8.09. The predicted octanol–water partition coefficient (Wildman–Crippen LogP) is 3.35. The van der Waals surface area contributed by atoms with E-state index in [0.717, 1.165) is 24.2 Å². The minimum Gasteiger partial charge on any atom is -0.494 e. The average molecular weight is 523 g/mol. The Labute approximate surface area is 221 Å². The lowest BCUT2D eigenvalue weighted by molar-refractivity contribution is -0.0746. The first-order valence-corrected chi connectivity index (χ1v) is 12.9. The number of fused-ring (bicyclic) bond motifs is 1. The number of carboxylic acid groups (broad SMARTS) is 1. The Morgan fingerprint density at radius 1 is 1.16 bits per heavy atom. The van der Waals surface area contributed by atoms with Crippen LogP contribution in [0.1, 0.15) is 44.0 Å². The van der Waals surface area contributed by atoms with E-state index < -0.39 is 18.1 Å². The van der Waals surface area contributed by atoms with Gasteiger partial charge in [-0.05, 0) is 57.9 Å². The molecule has 0 saturated carbocycles. The summed E-state index contributed by atoms with van der Waals surface area (Å²) in [6.45, 7) is 7.15. The fourth-order valence-electron chi connectivity index (χ4n) is 5.75. The van der Waals surface area contributed by atoms with Gasteiger partial charge in [0.25, 0.3) is 0 Å². The van der Waals surface area contributed by atoms with E-state index in [-0.39, 0.29) is 18.2 Å². The first-order chi connectivity index (χ1) is 18.2. The number of methoxy groups -OCH3 is 1. The van der Waals surface area contributed by atoms with Crippen molar-refractivity contribution in [3.8, 4) is 17.1 Å². The Kier molecular flexibility index (Phi) is 6.87. The van der Waals surface area contributed by atoms with Crippen molar-refractivity contribution in [2.45, 2.75) is 64.4 Å². The highest BCUT2D eigenvalue weighted by molar-refractivity contribution is 5.99. The lowest BCUT2D eigenvalue weighted by Gasteiger charge is -2.35. The van der Waals surface area contributed by atoms with E-state index in [2.05, 4.69) is 18.7 Å². The topological polar surface area (TPSA) is 136 Å². The summed E-state index contributed by atoms with van der Waals surface area (Å²) in [6.07, 6.45) is 2.43. The Morgan fingerprint density at radius 2 is 1.89 bits per heavy atom. The van der Waals surface area contributed by atoms with Crippen LogP contribution in [0.5, 0.6) is 5.75 Å². The van der Waals surface area contributed by atoms with Gasteiger partial charge < -0.3 is 34.7 Å². The van der Waals surface area contributed by atoms with Gasteiger partial charge in [0.05, 0.1) is 44.5 Å². The van der Waals surface area contributed by atoms with Gasteiger partial charge in [0.1, 0.15) is 22.9 Å². The van der Waals surface area contributed by atoms with Gasteiger partial charge in [0, 0.05) is 29.4 Å². The van der Waals surface area contributed by atoms with Gasteiger partial charge in [-0.15, -0.1) is 0 Å². The van der Waals surface area contributed by atoms with Crippen molar-refractivity contribution in [1.29, 1.82) is 0 Å². The molecular weight excluding hydrogens is 488 g/mol. The molecule has 2 saturated heterocycles. The normalized spacial score (nSPS) is 23.7. The highest BCUT2D eigenvalue weighted by atomic mass is 16.5. The van der Waals surface area contributed by atoms with E-state index in [1.165, 1.54) is 12.0 Å². The quantitative estimate of drug-likeness (QED) is 0.503. The number of ether oxygens (including phenoxy) is 2. The molecule has 0 aliphatic carbocycles. The molecule has 0 bridgehead atoms. The van der Waals surface area contributed by atoms with Crippen molar-refractivity contribution < 1.29 is 24.2 Å². The molecule has 202 valence electrons. The number of hydrogen-bond donors (Lipinski definition) is 2. The lowest BCUT2D eigenvalue weighted by Crippen LogP contribution is -2.50. The minimum absolute atomic E-state index is 0.225. The molecule has 0 spiro atoms. The van der Waals surface area contributed by atoms with E-state index in [4.69, 9.17) is 25.2 Å². The lowest BCUT2D eigenvalue weighted by atomic mass is 10.1. The maximum Gasteiger partial charge on any atom is 0.407 e. The van der Waals surface area contributed by atoms with Crippen molar-refractivity contribution in [1.82, 2.24) is 19.4 Å². The van der Waals surface area contributed by atoms with Crippen LogP contribution in [0.4, 0.5) is 10.6 Å². The second-order valence-corrected chi connectivity index (χ2v) is 10.3. The van der Waals surface area contributed by atoms with Gasteiger partial charge in [-0.2, -0.15) is 0 Å². The van der Waals surface area contributed by atoms with E-state index >= 15 is 0 Å². The molecule has 3 aromatic rings. The fourth-order valence-corrected chi connectivity index (χ4v) is 5.75. The Hall–Kier alpha value is -3.86. The first kappa shape index (κ1) is 25.8. The molecule has 3 N–H and O–H groups in total. The summed E-state index contributed by atoms with van der Waals surface area (Å²) in [5.41, 5.74) is 7.85. The summed E-state index contributed by atoms with van der Waals surface area (Å²) in [5, 5.41) is 9.60. The van der Waals surface area contributed by atoms with Crippen molar-refractivity contribution >= 4 is 28.9 Å². The minimum atomic E-state index is -0.977. The van der Waals surface area contributed by atoms with Crippen LogP contribution in [0, 0.1) is 0 Å². The Bertz CT molecular complexity index is 1350. The van der Waals surface area contributed by atoms with Crippen LogP contribution >= 0.6 is 0 Å². The summed E-state index contributed by atoms with van der Waals surface area (Å²) in [5.74, 6) is 1.40. The number of nitrogens with zero attached hydrogens (tertiary/aromatic N) is 5. The van der Waals surface area contributed by atoms with Crippen LogP contribution in [0.2, 0.25) is 0 Å². The molecule has 4 heterocycles. The molecule has 2 aromatic heterocycles. The van der Waals surface area contributed by atoms with E-state index in [1.807, 2.05) is 23.6 Å². The Morgan fingerprint density at radius 3 is 2.50 bits per heavy atom. The molecule has 11 heteroatoms. The predicted molar refractivity (Wildman–Crippen MR) is 143 cm³/mol. The molecule has 2 aliphatic rings. The van der Waals surface area contributed by atoms with E-state index in [1.54, 1.807) is 18.3 Å². The number of imidazole rings is 1. The van der Waals surface area contributed by atoms with Gasteiger partial charge in [-0.25, -0.2) is 14.8 Å². The molecule has 38 heavy (non-hydrogen) atoms. The zero-order valence-corrected chi connectivity index (χ0v) is 22.1. The zero-order valence-electron chi connectivity index (χ0n) is 22.1. The van der Waals surface area contributed by atoms with Crippen molar-refractivity contribution in [3.05, 3.63) is 36.0 Å². The number of rotatable bonds is 6. The summed E-state index contributed by atoms with van der Waals surface area (Å²) >= 11 is 0. The Balaban J connectivity index is 1.59. The maximum atomic E-state index is 12.0. The number of carbonyl (C=O) groups excluding carboxylic acids is 1. The molecule has 2 fully saturated rings. The van der Waals surface area contributed by atoms with Crippen LogP contribution < -0.4 is 15.4 Å². The highest BCUT2D eigenvalue weighted by Gasteiger charge is 2.31. The van der Waals surface area contributed by atoms with Gasteiger partial charge in [-0.3, -0.25) is 4.79 Å². The molecule has 0 unspecified atom stereocenters. The summed E-state index contributed by atoms with van der Waals surface area (Å²) < 4.78 is 13.7. The number of pyridine rings is 1. The monoisotopic (exact) mass is 522 g/mol. The van der Waals surface area contributed by atoms with Crippen LogP contribution in [-0.2, 0) is 11.3 Å². The number of anilines is 1. The van der Waals surface area contributed by atoms with Gasteiger partial charge in [0.15, 0.2) is 0 Å². The first-order valence-electron chi connectivity index (χ1n) is 12.9. The molecule has 1 aromatic carbocycles. The van der Waals surface area contributed by atoms with Crippen LogP contribution in [0.15, 0.2) is 30.5 Å². The molecule has 2 aliphatic heterocycles. The third-order valence-electron chi connectivity index (χ3n) is 7.52. The van der Waals surface area contributed by atoms with Gasteiger partial charge in [0.2, 0.25) is 5.91 Å². The number of carbonyl (C=O) groups is 2. The summed E-state index contributed by atoms with van der Waals surface area (Å²) in [4.78, 5) is 37.1. The number of primary amides is 1. The second kappa shape index (κ2) is 10.1. The molecule has 5 rings (SSSR count). The van der Waals surface area contributed by atoms with E-state index in [0.29, 0.717) is 47.8 Å². The largest absolute Gasteiger partial charge is 0.494 e. The average Bonchev–Trinajstić information content (AvgIpc) is 3.42. The smallest absolute Gasteiger partial charge is 0.407 e. The number of aromatic nitrogens is 3. The molecule has 4 atom stereocenters.